The Kier molecular flexibility index (Phi) is 5.03. The number of nitrogens with zero attached hydrogens (tertiary/aromatic N) is 1. The summed E-state index contributed by atoms with van der Waals surface area (Å²) in [4.78, 5) is 19.9. The molecule has 0 aliphatic rings. The van der Waals surface area contributed by atoms with Crippen molar-refractivity contribution in [1.82, 2.24) is 9.97 Å². The van der Waals surface area contributed by atoms with Gasteiger partial charge >= 0.3 is 6.03 Å². The lowest BCUT2D eigenvalue weighted by molar-refractivity contribution is 0.262. The molecule has 2 amide bonds. The number of benzene rings is 2. The van der Waals surface area contributed by atoms with Crippen molar-refractivity contribution in [3.8, 4) is 11.4 Å². The van der Waals surface area contributed by atoms with Crippen LogP contribution in [0, 0.1) is 0 Å². The number of nitrogen functional groups attached to an aromatic ring is 1. The number of urea groups is 1. The predicted octanol–water partition coefficient (Wildman–Crippen LogP) is 2.90. The van der Waals surface area contributed by atoms with Crippen molar-refractivity contribution in [3.63, 3.8) is 0 Å². The van der Waals surface area contributed by atoms with Crippen LogP contribution in [-0.2, 0) is 0 Å². The second-order valence-corrected chi connectivity index (χ2v) is 5.74. The van der Waals surface area contributed by atoms with E-state index in [4.69, 9.17) is 5.73 Å². The summed E-state index contributed by atoms with van der Waals surface area (Å²) in [6, 6.07) is 14.2. The number of anilines is 3. The fraction of sp³-hybridized carbons (Fsp3) is 0.100. The third-order valence-electron chi connectivity index (χ3n) is 3.91. The fourth-order valence-electron chi connectivity index (χ4n) is 2.55. The highest BCUT2D eigenvalue weighted by atomic mass is 16.2. The molecule has 5 N–H and O–H groups in total. The SMILES string of the molecule is C/C=c1/nc(-c2ccc(NC(=O)Nc3ccc(N)cc3)cc2)[nH]/c1=C/C. The molecule has 0 aliphatic heterocycles. The van der Waals surface area contributed by atoms with Gasteiger partial charge in [-0.2, -0.15) is 0 Å². The van der Waals surface area contributed by atoms with Crippen LogP contribution in [0.2, 0.25) is 0 Å². The molecule has 0 unspecified atom stereocenters. The van der Waals surface area contributed by atoms with E-state index < -0.39 is 0 Å². The van der Waals surface area contributed by atoms with Gasteiger partial charge in [-0.1, -0.05) is 12.2 Å². The number of nitrogens with two attached hydrogens (primary N) is 1. The average Bonchev–Trinajstić information content (AvgIpc) is 3.07. The highest BCUT2D eigenvalue weighted by molar-refractivity contribution is 5.99. The van der Waals surface area contributed by atoms with Crippen LogP contribution >= 0.6 is 0 Å². The lowest BCUT2D eigenvalue weighted by Crippen LogP contribution is -2.23. The van der Waals surface area contributed by atoms with E-state index in [0.29, 0.717) is 17.1 Å². The zero-order valence-corrected chi connectivity index (χ0v) is 14.7. The maximum atomic E-state index is 12.1. The number of rotatable bonds is 3. The Morgan fingerprint density at radius 2 is 1.54 bits per heavy atom. The van der Waals surface area contributed by atoms with E-state index in [1.165, 1.54) is 0 Å². The Hall–Kier alpha value is -3.54. The number of nitrogens with one attached hydrogen (secondary N) is 3. The molecule has 6 heteroatoms. The van der Waals surface area contributed by atoms with Crippen LogP contribution in [0.3, 0.4) is 0 Å². The van der Waals surface area contributed by atoms with Crippen molar-refractivity contribution in [2.45, 2.75) is 13.8 Å². The van der Waals surface area contributed by atoms with E-state index in [1.54, 1.807) is 24.3 Å². The highest BCUT2D eigenvalue weighted by Crippen LogP contribution is 2.17. The number of amides is 2. The Bertz CT molecular complexity index is 986. The molecule has 0 spiro atoms. The van der Waals surface area contributed by atoms with Gasteiger partial charge in [-0.25, -0.2) is 9.78 Å². The number of aromatic amines is 1. The molecule has 2 aromatic carbocycles. The number of H-pyrrole nitrogens is 1. The van der Waals surface area contributed by atoms with Gasteiger partial charge in [0.15, 0.2) is 0 Å². The monoisotopic (exact) mass is 347 g/mol. The second-order valence-electron chi connectivity index (χ2n) is 5.74. The molecule has 0 radical (unpaired) electrons. The van der Waals surface area contributed by atoms with Crippen LogP contribution in [0.4, 0.5) is 21.9 Å². The van der Waals surface area contributed by atoms with Gasteiger partial charge < -0.3 is 21.4 Å². The molecule has 0 saturated heterocycles. The van der Waals surface area contributed by atoms with E-state index in [2.05, 4.69) is 20.6 Å². The fourth-order valence-corrected chi connectivity index (χ4v) is 2.55. The van der Waals surface area contributed by atoms with Gasteiger partial charge in [0.2, 0.25) is 0 Å². The van der Waals surface area contributed by atoms with Crippen LogP contribution in [0.15, 0.2) is 48.5 Å². The highest BCUT2D eigenvalue weighted by Gasteiger charge is 2.05. The minimum atomic E-state index is -0.314. The van der Waals surface area contributed by atoms with Crippen LogP contribution in [0.5, 0.6) is 0 Å². The summed E-state index contributed by atoms with van der Waals surface area (Å²) in [5.74, 6) is 0.795. The van der Waals surface area contributed by atoms with Crippen LogP contribution in [0.25, 0.3) is 23.5 Å². The molecule has 0 atom stereocenters. The zero-order chi connectivity index (χ0) is 18.5. The predicted molar refractivity (Wildman–Crippen MR) is 107 cm³/mol. The van der Waals surface area contributed by atoms with Crippen LogP contribution < -0.4 is 27.1 Å². The normalized spacial score (nSPS) is 12.2. The summed E-state index contributed by atoms with van der Waals surface area (Å²) in [7, 11) is 0. The van der Waals surface area contributed by atoms with Gasteiger partial charge in [-0.05, 0) is 62.4 Å². The Balaban J connectivity index is 1.70. The molecule has 26 heavy (non-hydrogen) atoms. The summed E-state index contributed by atoms with van der Waals surface area (Å²) < 4.78 is 0. The molecule has 1 heterocycles. The van der Waals surface area contributed by atoms with Gasteiger partial charge in [-0.15, -0.1) is 0 Å². The topological polar surface area (TPSA) is 95.8 Å². The molecule has 0 fully saturated rings. The molecular weight excluding hydrogens is 326 g/mol. The van der Waals surface area contributed by atoms with Crippen molar-refractivity contribution >= 4 is 35.2 Å². The first-order valence-electron chi connectivity index (χ1n) is 8.31. The molecular formula is C20H21N5O. The first-order chi connectivity index (χ1) is 12.6. The summed E-state index contributed by atoms with van der Waals surface area (Å²) in [6.07, 6.45) is 3.95. The lowest BCUT2D eigenvalue weighted by atomic mass is 10.2. The molecule has 3 rings (SSSR count). The maximum absolute atomic E-state index is 12.1. The van der Waals surface area contributed by atoms with Gasteiger partial charge in [0.25, 0.3) is 0 Å². The quantitative estimate of drug-likeness (QED) is 0.549. The van der Waals surface area contributed by atoms with Crippen LogP contribution in [0.1, 0.15) is 13.8 Å². The number of imidazole rings is 1. The molecule has 0 saturated carbocycles. The maximum Gasteiger partial charge on any atom is 0.323 e. The number of hydrogen-bond donors (Lipinski definition) is 4. The van der Waals surface area contributed by atoms with Gasteiger partial charge in [0, 0.05) is 22.6 Å². The summed E-state index contributed by atoms with van der Waals surface area (Å²) in [6.45, 7) is 3.93. The van der Waals surface area contributed by atoms with Crippen molar-refractivity contribution in [3.05, 3.63) is 59.2 Å². The van der Waals surface area contributed by atoms with Gasteiger partial charge in [-0.3, -0.25) is 0 Å². The van der Waals surface area contributed by atoms with Crippen molar-refractivity contribution in [2.75, 3.05) is 16.4 Å². The molecule has 132 valence electrons. The molecule has 0 bridgehead atoms. The van der Waals surface area contributed by atoms with Gasteiger partial charge in [0.1, 0.15) is 5.82 Å². The van der Waals surface area contributed by atoms with E-state index in [1.807, 2.05) is 50.3 Å². The van der Waals surface area contributed by atoms with E-state index >= 15 is 0 Å². The Morgan fingerprint density at radius 3 is 2.04 bits per heavy atom. The second kappa shape index (κ2) is 7.57. The number of hydrogen-bond acceptors (Lipinski definition) is 3. The van der Waals surface area contributed by atoms with E-state index in [9.17, 15) is 4.79 Å². The molecule has 3 aromatic rings. The third-order valence-corrected chi connectivity index (χ3v) is 3.91. The first kappa shape index (κ1) is 17.3. The standard InChI is InChI=1S/C20H21N5O/c1-3-17-18(4-2)25-19(24-17)13-5-9-15(10-6-13)22-20(26)23-16-11-7-14(21)8-12-16/h3-12H,21H2,1-2H3,(H,24,25)(H2,22,23,26)/b17-3+,18-4+. The number of carbonyl (C=O) groups excluding carboxylic acids is 1. The number of aromatic nitrogens is 2. The molecule has 0 aliphatic carbocycles. The summed E-state index contributed by atoms with van der Waals surface area (Å²) in [5, 5.41) is 7.47. The third kappa shape index (κ3) is 3.92. The first-order valence-corrected chi connectivity index (χ1v) is 8.31. The molecule has 6 nitrogen and oxygen atoms in total. The largest absolute Gasteiger partial charge is 0.399 e. The van der Waals surface area contributed by atoms with E-state index in [0.717, 1.165) is 22.1 Å². The Labute approximate surface area is 151 Å². The van der Waals surface area contributed by atoms with Crippen molar-refractivity contribution < 1.29 is 4.79 Å². The van der Waals surface area contributed by atoms with Crippen molar-refractivity contribution in [2.24, 2.45) is 0 Å². The Morgan fingerprint density at radius 1 is 0.962 bits per heavy atom. The lowest BCUT2D eigenvalue weighted by Gasteiger charge is -2.08. The smallest absolute Gasteiger partial charge is 0.323 e. The number of carbonyl (C=O) groups is 1. The molecule has 1 aromatic heterocycles. The van der Waals surface area contributed by atoms with E-state index in [-0.39, 0.29) is 6.03 Å². The minimum absolute atomic E-state index is 0.314. The summed E-state index contributed by atoms with van der Waals surface area (Å²) >= 11 is 0. The van der Waals surface area contributed by atoms with Crippen LogP contribution in [-0.4, -0.2) is 16.0 Å². The zero-order valence-electron chi connectivity index (χ0n) is 14.7. The van der Waals surface area contributed by atoms with Crippen molar-refractivity contribution in [1.29, 1.82) is 0 Å². The average molecular weight is 347 g/mol. The van der Waals surface area contributed by atoms with Gasteiger partial charge in [0.05, 0.1) is 10.7 Å². The summed E-state index contributed by atoms with van der Waals surface area (Å²) in [5.41, 5.74) is 8.60. The minimum Gasteiger partial charge on any atom is -0.399 e.